The van der Waals surface area contributed by atoms with Crippen LogP contribution in [0.3, 0.4) is 0 Å². The maximum absolute atomic E-state index is 15.7. The third kappa shape index (κ3) is 5.30. The van der Waals surface area contributed by atoms with Gasteiger partial charge in [-0.2, -0.15) is 34.2 Å². The number of nitrogens with zero attached hydrogens (tertiary/aromatic N) is 7. The molecule has 0 aliphatic carbocycles. The first-order valence-electron chi connectivity index (χ1n) is 17.3. The molecule has 0 fully saturated rings. The maximum Gasteiger partial charge on any atom is 0.418 e. The third-order valence-electron chi connectivity index (χ3n) is 10.0. The molecule has 0 saturated heterocycles. The van der Waals surface area contributed by atoms with E-state index in [9.17, 15) is 21.0 Å². The SMILES string of the molecule is N#Cc1ccc2c(c1)c1cc(C#N)ccc1n2-c1cc(C(F)(F)F)c(-n2c3ccc(C#N)cc3c3cc(C#N)ccc32)cc1-c1cccc(-c2ccccc2)n1. The standard InChI is InChI=1S/C46H22F3N7/c47-46(48,49)37-22-44(55-40-13-9-27(23-50)17-32(40)33-18-28(24-51)10-14-41(33)55)36(39-8-4-7-38(54-39)31-5-2-1-3-6-31)21-45(37)56-42-15-11-29(25-52)19-34(42)35-20-30(26-53)12-16-43(35)56/h1-22H. The van der Waals surface area contributed by atoms with Crippen LogP contribution in [0.15, 0.2) is 133 Å². The molecule has 7 nitrogen and oxygen atoms in total. The van der Waals surface area contributed by atoms with Crippen LogP contribution in [0.4, 0.5) is 13.2 Å². The van der Waals surface area contributed by atoms with Gasteiger partial charge in [0.2, 0.25) is 0 Å². The van der Waals surface area contributed by atoms with Gasteiger partial charge >= 0.3 is 6.18 Å². The van der Waals surface area contributed by atoms with Gasteiger partial charge in [-0.1, -0.05) is 36.4 Å². The van der Waals surface area contributed by atoms with Crippen LogP contribution in [0.1, 0.15) is 27.8 Å². The van der Waals surface area contributed by atoms with Gasteiger partial charge in [0.1, 0.15) is 0 Å². The average Bonchev–Trinajstić information content (AvgIpc) is 3.73. The lowest BCUT2D eigenvalue weighted by Gasteiger charge is -2.22. The van der Waals surface area contributed by atoms with E-state index in [2.05, 4.69) is 24.3 Å². The molecule has 0 aliphatic heterocycles. The normalized spacial score (nSPS) is 11.4. The lowest BCUT2D eigenvalue weighted by atomic mass is 10.0. The smallest absolute Gasteiger partial charge is 0.309 e. The second-order valence-electron chi connectivity index (χ2n) is 13.2. The van der Waals surface area contributed by atoms with Crippen molar-refractivity contribution < 1.29 is 13.2 Å². The minimum Gasteiger partial charge on any atom is -0.309 e. The minimum atomic E-state index is -4.87. The zero-order valence-corrected chi connectivity index (χ0v) is 29.0. The molecule has 0 spiro atoms. The van der Waals surface area contributed by atoms with Crippen LogP contribution in [0.5, 0.6) is 0 Å². The van der Waals surface area contributed by atoms with E-state index in [1.165, 1.54) is 10.6 Å². The van der Waals surface area contributed by atoms with Crippen molar-refractivity contribution in [2.24, 2.45) is 0 Å². The highest BCUT2D eigenvalue weighted by molar-refractivity contribution is 6.12. The first-order valence-corrected chi connectivity index (χ1v) is 17.3. The summed E-state index contributed by atoms with van der Waals surface area (Å²) in [7, 11) is 0. The van der Waals surface area contributed by atoms with Gasteiger partial charge in [0, 0.05) is 32.7 Å². The number of fused-ring (bicyclic) bond motifs is 6. The van der Waals surface area contributed by atoms with Crippen LogP contribution in [0.25, 0.3) is 77.5 Å². The summed E-state index contributed by atoms with van der Waals surface area (Å²) < 4.78 is 50.5. The van der Waals surface area contributed by atoms with Crippen LogP contribution in [0, 0.1) is 45.3 Å². The number of halogens is 3. The molecule has 0 atom stereocenters. The Labute approximate surface area is 316 Å². The maximum atomic E-state index is 15.7. The van der Waals surface area contributed by atoms with Crippen LogP contribution in [-0.4, -0.2) is 14.1 Å². The average molecular weight is 730 g/mol. The molecule has 0 amide bonds. The topological polar surface area (TPSA) is 118 Å². The second kappa shape index (κ2) is 12.7. The fourth-order valence-electron chi connectivity index (χ4n) is 7.58. The van der Waals surface area contributed by atoms with E-state index in [0.717, 1.165) is 11.6 Å². The fourth-order valence-corrected chi connectivity index (χ4v) is 7.58. The van der Waals surface area contributed by atoms with Gasteiger partial charge in [0.05, 0.1) is 96.9 Å². The van der Waals surface area contributed by atoms with Gasteiger partial charge in [-0.25, -0.2) is 4.98 Å². The molecule has 0 aliphatic rings. The number of hydrogen-bond acceptors (Lipinski definition) is 5. The Hall–Kier alpha value is -8.18. The Morgan fingerprint density at radius 3 is 1.30 bits per heavy atom. The Bertz CT molecular complexity index is 3150. The van der Waals surface area contributed by atoms with Gasteiger partial charge in [-0.15, -0.1) is 0 Å². The lowest BCUT2D eigenvalue weighted by Crippen LogP contribution is -2.13. The quantitative estimate of drug-likeness (QED) is 0.179. The van der Waals surface area contributed by atoms with E-state index in [0.29, 0.717) is 82.8 Å². The number of aromatic nitrogens is 3. The molecule has 0 unspecified atom stereocenters. The van der Waals surface area contributed by atoms with Gasteiger partial charge < -0.3 is 9.13 Å². The van der Waals surface area contributed by atoms with Crippen molar-refractivity contribution in [1.82, 2.24) is 14.1 Å². The van der Waals surface area contributed by atoms with Crippen LogP contribution in [-0.2, 0) is 6.18 Å². The summed E-state index contributed by atoms with van der Waals surface area (Å²) in [6.07, 6.45) is -4.87. The van der Waals surface area contributed by atoms with Gasteiger partial charge in [0.15, 0.2) is 0 Å². The number of rotatable bonds is 4. The largest absolute Gasteiger partial charge is 0.418 e. The van der Waals surface area contributed by atoms with E-state index in [1.807, 2.05) is 42.5 Å². The molecule has 6 aromatic carbocycles. The number of benzene rings is 6. The summed E-state index contributed by atoms with van der Waals surface area (Å²) in [6.45, 7) is 0. The molecule has 9 aromatic rings. The summed E-state index contributed by atoms with van der Waals surface area (Å²) in [5, 5.41) is 41.3. The highest BCUT2D eigenvalue weighted by atomic mass is 19.4. The summed E-state index contributed by atoms with van der Waals surface area (Å²) in [5.74, 6) is 0. The fraction of sp³-hybridized carbons (Fsp3) is 0.0217. The molecule has 0 bridgehead atoms. The molecule has 0 saturated carbocycles. The summed E-state index contributed by atoms with van der Waals surface area (Å²) >= 11 is 0. The predicted octanol–water partition coefficient (Wildman–Crippen LogP) is 11.1. The van der Waals surface area contributed by atoms with Gasteiger partial charge in [0.25, 0.3) is 0 Å². The molecule has 0 radical (unpaired) electrons. The second-order valence-corrected chi connectivity index (χ2v) is 13.2. The molecule has 3 heterocycles. The Kier molecular flexibility index (Phi) is 7.66. The number of alkyl halides is 3. The molecule has 9 rings (SSSR count). The zero-order valence-electron chi connectivity index (χ0n) is 29.0. The van der Waals surface area contributed by atoms with E-state index < -0.39 is 11.7 Å². The molecule has 3 aromatic heterocycles. The summed E-state index contributed by atoms with van der Waals surface area (Å²) in [5.41, 5.74) is 4.47. The van der Waals surface area contributed by atoms with Gasteiger partial charge in [-0.3, -0.25) is 0 Å². The number of nitriles is 4. The Morgan fingerprint density at radius 2 is 0.875 bits per heavy atom. The van der Waals surface area contributed by atoms with Crippen molar-refractivity contribution in [3.8, 4) is 58.2 Å². The molecule has 56 heavy (non-hydrogen) atoms. The highest BCUT2D eigenvalue weighted by Gasteiger charge is 2.37. The predicted molar refractivity (Wildman–Crippen MR) is 208 cm³/mol. The first-order chi connectivity index (χ1) is 27.2. The van der Waals surface area contributed by atoms with Crippen LogP contribution >= 0.6 is 0 Å². The Morgan fingerprint density at radius 1 is 0.446 bits per heavy atom. The monoisotopic (exact) mass is 729 g/mol. The molecular weight excluding hydrogens is 708 g/mol. The van der Waals surface area contributed by atoms with Crippen molar-refractivity contribution in [1.29, 1.82) is 21.0 Å². The zero-order chi connectivity index (χ0) is 38.7. The van der Waals surface area contributed by atoms with Gasteiger partial charge in [-0.05, 0) is 97.1 Å². The number of pyridine rings is 1. The van der Waals surface area contributed by atoms with E-state index in [1.54, 1.807) is 83.4 Å². The van der Waals surface area contributed by atoms with E-state index in [4.69, 9.17) is 4.98 Å². The lowest BCUT2D eigenvalue weighted by molar-refractivity contribution is -0.137. The summed E-state index contributed by atoms with van der Waals surface area (Å²) in [6, 6.07) is 45.5. The van der Waals surface area contributed by atoms with Crippen molar-refractivity contribution in [3.05, 3.63) is 161 Å². The Balaban J connectivity index is 1.46. The minimum absolute atomic E-state index is 0.174. The molecule has 0 N–H and O–H groups in total. The summed E-state index contributed by atoms with van der Waals surface area (Å²) in [4.78, 5) is 5.02. The molecule has 10 heteroatoms. The molecule has 262 valence electrons. The van der Waals surface area contributed by atoms with E-state index >= 15 is 13.2 Å². The van der Waals surface area contributed by atoms with Crippen molar-refractivity contribution >= 4 is 43.6 Å². The number of hydrogen-bond donors (Lipinski definition) is 0. The first kappa shape index (κ1) is 33.6. The highest BCUT2D eigenvalue weighted by Crippen LogP contribution is 2.45. The van der Waals surface area contributed by atoms with Crippen LogP contribution in [0.2, 0.25) is 0 Å². The molecular formula is C46H22F3N7. The third-order valence-corrected chi connectivity index (χ3v) is 10.0. The van der Waals surface area contributed by atoms with Crippen molar-refractivity contribution in [2.45, 2.75) is 6.18 Å². The van der Waals surface area contributed by atoms with Crippen molar-refractivity contribution in [3.63, 3.8) is 0 Å². The van der Waals surface area contributed by atoms with E-state index in [-0.39, 0.29) is 11.4 Å². The van der Waals surface area contributed by atoms with Crippen molar-refractivity contribution in [2.75, 3.05) is 0 Å². The van der Waals surface area contributed by atoms with Crippen LogP contribution < -0.4 is 0 Å².